The first kappa shape index (κ1) is 14.0. The van der Waals surface area contributed by atoms with Gasteiger partial charge in [-0.2, -0.15) is 0 Å². The Hall–Kier alpha value is -1.94. The molecule has 1 N–H and O–H groups in total. The van der Waals surface area contributed by atoms with Crippen molar-refractivity contribution >= 4 is 0 Å². The van der Waals surface area contributed by atoms with Crippen molar-refractivity contribution in [1.29, 1.82) is 0 Å². The van der Waals surface area contributed by atoms with E-state index in [1.807, 2.05) is 19.2 Å². The monoisotopic (exact) mass is 286 g/mol. The van der Waals surface area contributed by atoms with Crippen LogP contribution in [-0.2, 0) is 6.54 Å². The van der Waals surface area contributed by atoms with Gasteiger partial charge in [0.05, 0.1) is 0 Å². The lowest BCUT2D eigenvalue weighted by Gasteiger charge is -2.13. The molecule has 1 fully saturated rings. The summed E-state index contributed by atoms with van der Waals surface area (Å²) in [5.41, 5.74) is 2.50. The molecule has 1 aromatic heterocycles. The molecule has 0 amide bonds. The zero-order chi connectivity index (χ0) is 14.8. The van der Waals surface area contributed by atoms with E-state index >= 15 is 0 Å². The second kappa shape index (κ2) is 5.82. The number of pyridine rings is 1. The Morgan fingerprint density at radius 3 is 2.81 bits per heavy atom. The summed E-state index contributed by atoms with van der Waals surface area (Å²) in [6, 6.07) is 7.34. The van der Waals surface area contributed by atoms with Crippen LogP contribution in [0.2, 0.25) is 0 Å². The number of ether oxygens (including phenoxy) is 1. The third-order valence-electron chi connectivity index (χ3n) is 3.60. The van der Waals surface area contributed by atoms with Gasteiger partial charge in [-0.05, 0) is 50.5 Å². The highest BCUT2D eigenvalue weighted by Gasteiger charge is 2.20. The highest BCUT2D eigenvalue weighted by Crippen LogP contribution is 2.28. The third-order valence-corrected chi connectivity index (χ3v) is 3.60. The second-order valence-corrected chi connectivity index (χ2v) is 5.60. The number of halogens is 1. The summed E-state index contributed by atoms with van der Waals surface area (Å²) < 4.78 is 19.3. The van der Waals surface area contributed by atoms with E-state index in [1.54, 1.807) is 19.1 Å². The molecule has 1 aliphatic carbocycles. The molecule has 0 radical (unpaired) electrons. The van der Waals surface area contributed by atoms with Crippen LogP contribution in [0.5, 0.6) is 11.5 Å². The molecule has 1 saturated carbocycles. The quantitative estimate of drug-likeness (QED) is 0.905. The first-order chi connectivity index (χ1) is 10.1. The number of aromatic nitrogens is 1. The van der Waals surface area contributed by atoms with Gasteiger partial charge in [0.1, 0.15) is 17.3 Å². The number of nitrogens with zero attached hydrogens (tertiary/aromatic N) is 1. The van der Waals surface area contributed by atoms with Crippen LogP contribution >= 0.6 is 0 Å². The normalized spacial score (nSPS) is 14.2. The van der Waals surface area contributed by atoms with Gasteiger partial charge in [-0.1, -0.05) is 0 Å². The van der Waals surface area contributed by atoms with E-state index in [1.165, 1.54) is 18.9 Å². The van der Waals surface area contributed by atoms with Crippen LogP contribution in [0.1, 0.15) is 29.7 Å². The summed E-state index contributed by atoms with van der Waals surface area (Å²) in [5.74, 6) is 1.21. The zero-order valence-electron chi connectivity index (χ0n) is 12.3. The molecule has 3 rings (SSSR count). The van der Waals surface area contributed by atoms with Gasteiger partial charge >= 0.3 is 0 Å². The molecular formula is C17H19FN2O. The van der Waals surface area contributed by atoms with E-state index < -0.39 is 0 Å². The van der Waals surface area contributed by atoms with Gasteiger partial charge < -0.3 is 10.1 Å². The van der Waals surface area contributed by atoms with Crippen LogP contribution < -0.4 is 10.1 Å². The lowest BCUT2D eigenvalue weighted by Crippen LogP contribution is -2.16. The van der Waals surface area contributed by atoms with Crippen LogP contribution in [-0.4, -0.2) is 11.0 Å². The average Bonchev–Trinajstić information content (AvgIpc) is 3.26. The molecule has 1 aromatic carbocycles. The first-order valence-electron chi connectivity index (χ1n) is 7.25. The van der Waals surface area contributed by atoms with Crippen LogP contribution in [0.25, 0.3) is 0 Å². The van der Waals surface area contributed by atoms with Crippen molar-refractivity contribution in [3.05, 3.63) is 53.1 Å². The summed E-state index contributed by atoms with van der Waals surface area (Å²) in [7, 11) is 0. The minimum absolute atomic E-state index is 0.219. The number of nitrogens with one attached hydrogen (secondary N) is 1. The van der Waals surface area contributed by atoms with E-state index in [0.717, 1.165) is 23.6 Å². The van der Waals surface area contributed by atoms with Crippen LogP contribution in [0, 0.1) is 19.7 Å². The topological polar surface area (TPSA) is 34.1 Å². The molecule has 0 atom stereocenters. The van der Waals surface area contributed by atoms with Crippen molar-refractivity contribution in [2.24, 2.45) is 0 Å². The van der Waals surface area contributed by atoms with Crippen LogP contribution in [0.4, 0.5) is 4.39 Å². The van der Waals surface area contributed by atoms with Gasteiger partial charge in [0.25, 0.3) is 0 Å². The fraction of sp³-hybridized carbons (Fsp3) is 0.353. The standard InChI is InChI=1S/C17H19FN2O/c1-11-7-15(5-6-16(11)18)21-17-8-12(2)19-9-13(17)10-20-14-3-4-14/h5-9,14,20H,3-4,10H2,1-2H3. The Bertz CT molecular complexity index is 653. The summed E-state index contributed by atoms with van der Waals surface area (Å²) >= 11 is 0. The molecule has 0 bridgehead atoms. The number of hydrogen-bond acceptors (Lipinski definition) is 3. The average molecular weight is 286 g/mol. The predicted octanol–water partition coefficient (Wildman–Crippen LogP) is 3.88. The molecule has 0 spiro atoms. The van der Waals surface area contributed by atoms with Gasteiger partial charge in [0, 0.05) is 36.1 Å². The summed E-state index contributed by atoms with van der Waals surface area (Å²) in [6.45, 7) is 4.41. The van der Waals surface area contributed by atoms with E-state index in [0.29, 0.717) is 17.4 Å². The molecular weight excluding hydrogens is 267 g/mol. The Labute approximate surface area is 124 Å². The first-order valence-corrected chi connectivity index (χ1v) is 7.25. The minimum Gasteiger partial charge on any atom is -0.457 e. The highest BCUT2D eigenvalue weighted by molar-refractivity contribution is 5.39. The fourth-order valence-electron chi connectivity index (χ4n) is 2.14. The van der Waals surface area contributed by atoms with E-state index in [2.05, 4.69) is 10.3 Å². The molecule has 1 aliphatic rings. The highest BCUT2D eigenvalue weighted by atomic mass is 19.1. The molecule has 3 nitrogen and oxygen atoms in total. The number of rotatable bonds is 5. The van der Waals surface area contributed by atoms with Gasteiger partial charge in [0.15, 0.2) is 0 Å². The molecule has 21 heavy (non-hydrogen) atoms. The third kappa shape index (κ3) is 3.58. The van der Waals surface area contributed by atoms with E-state index in [4.69, 9.17) is 4.74 Å². The molecule has 110 valence electrons. The maximum absolute atomic E-state index is 13.3. The minimum atomic E-state index is -0.219. The molecule has 0 saturated heterocycles. The largest absolute Gasteiger partial charge is 0.457 e. The number of hydrogen-bond donors (Lipinski definition) is 1. The van der Waals surface area contributed by atoms with Gasteiger partial charge in [-0.3, -0.25) is 4.98 Å². The smallest absolute Gasteiger partial charge is 0.135 e. The SMILES string of the molecule is Cc1cc(Oc2ccc(F)c(C)c2)c(CNC2CC2)cn1. The molecule has 0 unspecified atom stereocenters. The van der Waals surface area contributed by atoms with Crippen molar-refractivity contribution in [1.82, 2.24) is 10.3 Å². The van der Waals surface area contributed by atoms with Gasteiger partial charge in [0.2, 0.25) is 0 Å². The zero-order valence-corrected chi connectivity index (χ0v) is 12.3. The molecule has 4 heteroatoms. The predicted molar refractivity (Wildman–Crippen MR) is 80.0 cm³/mol. The summed E-state index contributed by atoms with van der Waals surface area (Å²) in [5, 5.41) is 3.46. The van der Waals surface area contributed by atoms with Crippen LogP contribution in [0.15, 0.2) is 30.5 Å². The van der Waals surface area contributed by atoms with Crippen molar-refractivity contribution < 1.29 is 9.13 Å². The van der Waals surface area contributed by atoms with Gasteiger partial charge in [-0.25, -0.2) is 4.39 Å². The molecule has 2 aromatic rings. The second-order valence-electron chi connectivity index (χ2n) is 5.60. The Balaban J connectivity index is 1.81. The Morgan fingerprint density at radius 1 is 1.29 bits per heavy atom. The molecule has 0 aliphatic heterocycles. The molecule has 1 heterocycles. The van der Waals surface area contributed by atoms with Crippen molar-refractivity contribution in [2.45, 2.75) is 39.3 Å². The number of benzene rings is 1. The Kier molecular flexibility index (Phi) is 3.88. The summed E-state index contributed by atoms with van der Waals surface area (Å²) in [6.07, 6.45) is 4.33. The fourth-order valence-corrected chi connectivity index (χ4v) is 2.14. The maximum atomic E-state index is 13.3. The van der Waals surface area contributed by atoms with Crippen molar-refractivity contribution in [2.75, 3.05) is 0 Å². The lowest BCUT2D eigenvalue weighted by atomic mass is 10.2. The maximum Gasteiger partial charge on any atom is 0.135 e. The van der Waals surface area contributed by atoms with E-state index in [9.17, 15) is 4.39 Å². The van der Waals surface area contributed by atoms with Crippen LogP contribution in [0.3, 0.4) is 0 Å². The van der Waals surface area contributed by atoms with E-state index in [-0.39, 0.29) is 5.82 Å². The van der Waals surface area contributed by atoms with Crippen molar-refractivity contribution in [3.8, 4) is 11.5 Å². The Morgan fingerprint density at radius 2 is 2.10 bits per heavy atom. The number of aryl methyl sites for hydroxylation is 2. The van der Waals surface area contributed by atoms with Gasteiger partial charge in [-0.15, -0.1) is 0 Å². The van der Waals surface area contributed by atoms with Crippen molar-refractivity contribution in [3.63, 3.8) is 0 Å². The lowest BCUT2D eigenvalue weighted by molar-refractivity contribution is 0.468. The summed E-state index contributed by atoms with van der Waals surface area (Å²) in [4.78, 5) is 4.33.